The van der Waals surface area contributed by atoms with E-state index >= 15 is 0 Å². The van der Waals surface area contributed by atoms with E-state index in [0.717, 1.165) is 36.3 Å². The molecule has 0 radical (unpaired) electrons. The van der Waals surface area contributed by atoms with Crippen molar-refractivity contribution < 1.29 is 14.2 Å². The predicted octanol–water partition coefficient (Wildman–Crippen LogP) is 2.56. The standard InChI is InChI=1S/C16H18ClN3O4S/c17-12-4-10-7-22-9-24-14(10)11(5-12)8-25-16-19-18-15(21)20(16)6-13-2-1-3-23-13/h4-5,13H,1-3,6-9H2,(H,18,21)/t13-/m1/s1. The van der Waals surface area contributed by atoms with Gasteiger partial charge in [-0.2, -0.15) is 0 Å². The molecule has 1 aromatic heterocycles. The Bertz CT molecular complexity index is 816. The van der Waals surface area contributed by atoms with Crippen molar-refractivity contribution in [3.63, 3.8) is 0 Å². The van der Waals surface area contributed by atoms with E-state index in [0.29, 0.717) is 29.1 Å². The topological polar surface area (TPSA) is 78.4 Å². The average molecular weight is 384 g/mol. The molecule has 9 heteroatoms. The van der Waals surface area contributed by atoms with Gasteiger partial charge in [0.2, 0.25) is 0 Å². The van der Waals surface area contributed by atoms with Crippen molar-refractivity contribution in [1.82, 2.24) is 14.8 Å². The number of hydrogen-bond acceptors (Lipinski definition) is 6. The zero-order chi connectivity index (χ0) is 17.2. The van der Waals surface area contributed by atoms with Crippen molar-refractivity contribution in [1.29, 1.82) is 0 Å². The maximum Gasteiger partial charge on any atom is 0.344 e. The lowest BCUT2D eigenvalue weighted by molar-refractivity contribution is -0.0168. The molecule has 0 amide bonds. The molecule has 1 N–H and O–H groups in total. The zero-order valence-electron chi connectivity index (χ0n) is 13.5. The third-order valence-corrected chi connectivity index (χ3v) is 5.49. The van der Waals surface area contributed by atoms with Crippen molar-refractivity contribution in [3.05, 3.63) is 38.8 Å². The number of rotatable bonds is 5. The third kappa shape index (κ3) is 3.72. The summed E-state index contributed by atoms with van der Waals surface area (Å²) in [6.07, 6.45) is 2.08. The first kappa shape index (κ1) is 17.0. The molecular weight excluding hydrogens is 366 g/mol. The van der Waals surface area contributed by atoms with Gasteiger partial charge in [-0.05, 0) is 25.0 Å². The van der Waals surface area contributed by atoms with Gasteiger partial charge in [0.15, 0.2) is 11.9 Å². The van der Waals surface area contributed by atoms with Crippen LogP contribution in [-0.2, 0) is 28.4 Å². The molecule has 134 valence electrons. The second kappa shape index (κ2) is 7.41. The number of hydrogen-bond donors (Lipinski definition) is 1. The van der Waals surface area contributed by atoms with Crippen LogP contribution in [0.3, 0.4) is 0 Å². The number of aromatic amines is 1. The summed E-state index contributed by atoms with van der Waals surface area (Å²) in [5.41, 5.74) is 1.69. The van der Waals surface area contributed by atoms with Crippen LogP contribution in [0.25, 0.3) is 0 Å². The van der Waals surface area contributed by atoms with Gasteiger partial charge in [-0.15, -0.1) is 5.10 Å². The number of thioether (sulfide) groups is 1. The van der Waals surface area contributed by atoms with Crippen molar-refractivity contribution in [2.75, 3.05) is 13.4 Å². The third-order valence-electron chi connectivity index (χ3n) is 4.24. The lowest BCUT2D eigenvalue weighted by atomic mass is 10.1. The van der Waals surface area contributed by atoms with Crippen LogP contribution in [0, 0.1) is 0 Å². The summed E-state index contributed by atoms with van der Waals surface area (Å²) in [7, 11) is 0. The largest absolute Gasteiger partial charge is 0.467 e. The highest BCUT2D eigenvalue weighted by Gasteiger charge is 2.21. The molecule has 3 heterocycles. The van der Waals surface area contributed by atoms with Crippen molar-refractivity contribution in [3.8, 4) is 5.75 Å². The smallest absolute Gasteiger partial charge is 0.344 e. The van der Waals surface area contributed by atoms with Crippen LogP contribution in [-0.4, -0.2) is 34.3 Å². The number of fused-ring (bicyclic) bond motifs is 1. The first-order chi connectivity index (χ1) is 12.2. The first-order valence-electron chi connectivity index (χ1n) is 8.12. The maximum atomic E-state index is 12.0. The molecule has 1 atom stereocenters. The number of nitrogens with zero attached hydrogens (tertiary/aromatic N) is 2. The van der Waals surface area contributed by atoms with Crippen molar-refractivity contribution in [2.45, 2.75) is 43.0 Å². The second-order valence-electron chi connectivity index (χ2n) is 6.01. The lowest BCUT2D eigenvalue weighted by Gasteiger charge is -2.21. The summed E-state index contributed by atoms with van der Waals surface area (Å²) in [5.74, 6) is 1.41. The summed E-state index contributed by atoms with van der Waals surface area (Å²) in [6.45, 7) is 2.00. The molecule has 4 rings (SSSR count). The van der Waals surface area contributed by atoms with Crippen LogP contribution in [0.5, 0.6) is 5.75 Å². The maximum absolute atomic E-state index is 12.0. The fourth-order valence-electron chi connectivity index (χ4n) is 3.07. The van der Waals surface area contributed by atoms with Gasteiger partial charge in [0.1, 0.15) is 5.75 Å². The van der Waals surface area contributed by atoms with E-state index in [1.165, 1.54) is 11.8 Å². The van der Waals surface area contributed by atoms with Gasteiger partial charge in [-0.25, -0.2) is 9.89 Å². The highest BCUT2D eigenvalue weighted by Crippen LogP contribution is 2.35. The molecular formula is C16H18ClN3O4S. The average Bonchev–Trinajstić information content (AvgIpc) is 3.24. The fourth-order valence-corrected chi connectivity index (χ4v) is 4.26. The normalized spacial score (nSPS) is 19.6. The Morgan fingerprint density at radius 2 is 2.36 bits per heavy atom. The summed E-state index contributed by atoms with van der Waals surface area (Å²) < 4.78 is 18.2. The Hall–Kier alpha value is -1.48. The second-order valence-corrected chi connectivity index (χ2v) is 7.39. The van der Waals surface area contributed by atoms with Crippen LogP contribution in [0.2, 0.25) is 5.02 Å². The van der Waals surface area contributed by atoms with Crippen LogP contribution in [0.1, 0.15) is 24.0 Å². The highest BCUT2D eigenvalue weighted by atomic mass is 35.5. The molecule has 2 aromatic rings. The summed E-state index contributed by atoms with van der Waals surface area (Å²) in [4.78, 5) is 12.0. The van der Waals surface area contributed by atoms with Crippen LogP contribution >= 0.6 is 23.4 Å². The number of halogens is 1. The summed E-state index contributed by atoms with van der Waals surface area (Å²) in [5, 5.41) is 7.95. The van der Waals surface area contributed by atoms with E-state index in [2.05, 4.69) is 10.2 Å². The first-order valence-corrected chi connectivity index (χ1v) is 9.48. The van der Waals surface area contributed by atoms with E-state index in [9.17, 15) is 4.79 Å². The van der Waals surface area contributed by atoms with E-state index in [1.807, 2.05) is 12.1 Å². The number of ether oxygens (including phenoxy) is 3. The molecule has 1 aromatic carbocycles. The minimum atomic E-state index is -0.212. The Balaban J connectivity index is 1.52. The van der Waals surface area contributed by atoms with E-state index in [-0.39, 0.29) is 18.6 Å². The SMILES string of the molecule is O=c1[nH]nc(SCc2cc(Cl)cc3c2OCOC3)n1C[C@H]1CCCO1. The molecule has 2 aliphatic rings. The number of H-pyrrole nitrogens is 1. The van der Waals surface area contributed by atoms with Gasteiger partial charge in [0, 0.05) is 28.5 Å². The van der Waals surface area contributed by atoms with Gasteiger partial charge in [-0.3, -0.25) is 4.57 Å². The van der Waals surface area contributed by atoms with Gasteiger partial charge >= 0.3 is 5.69 Å². The van der Waals surface area contributed by atoms with E-state index in [1.54, 1.807) is 4.57 Å². The van der Waals surface area contributed by atoms with Gasteiger partial charge < -0.3 is 14.2 Å². The van der Waals surface area contributed by atoms with E-state index < -0.39 is 0 Å². The fraction of sp³-hybridized carbons (Fsp3) is 0.500. The van der Waals surface area contributed by atoms with E-state index in [4.69, 9.17) is 25.8 Å². The molecule has 2 aliphatic heterocycles. The molecule has 0 aliphatic carbocycles. The van der Waals surface area contributed by atoms with Crippen molar-refractivity contribution in [2.24, 2.45) is 0 Å². The monoisotopic (exact) mass is 383 g/mol. The molecule has 0 spiro atoms. The van der Waals surface area contributed by atoms with Gasteiger partial charge in [0.25, 0.3) is 0 Å². The Morgan fingerprint density at radius 3 is 3.20 bits per heavy atom. The molecule has 7 nitrogen and oxygen atoms in total. The molecule has 0 bridgehead atoms. The van der Waals surface area contributed by atoms with Crippen LogP contribution < -0.4 is 10.4 Å². The van der Waals surface area contributed by atoms with Crippen molar-refractivity contribution >= 4 is 23.4 Å². The molecule has 25 heavy (non-hydrogen) atoms. The van der Waals surface area contributed by atoms with Gasteiger partial charge in [0.05, 0.1) is 19.3 Å². The number of aromatic nitrogens is 3. The Kier molecular flexibility index (Phi) is 5.03. The molecule has 0 unspecified atom stereocenters. The quantitative estimate of drug-likeness (QED) is 0.799. The minimum absolute atomic E-state index is 0.0778. The van der Waals surface area contributed by atoms with Crippen LogP contribution in [0.4, 0.5) is 0 Å². The summed E-state index contributed by atoms with van der Waals surface area (Å²) >= 11 is 7.67. The Labute approximate surface area is 153 Å². The number of nitrogens with one attached hydrogen (secondary N) is 1. The Morgan fingerprint density at radius 1 is 1.44 bits per heavy atom. The van der Waals surface area contributed by atoms with Crippen LogP contribution in [0.15, 0.2) is 22.1 Å². The molecule has 1 saturated heterocycles. The minimum Gasteiger partial charge on any atom is -0.467 e. The molecule has 1 fully saturated rings. The highest BCUT2D eigenvalue weighted by molar-refractivity contribution is 7.98. The predicted molar refractivity (Wildman–Crippen MR) is 93.1 cm³/mol. The molecule has 0 saturated carbocycles. The van der Waals surface area contributed by atoms with Gasteiger partial charge in [-0.1, -0.05) is 23.4 Å². The zero-order valence-corrected chi connectivity index (χ0v) is 15.1. The lowest BCUT2D eigenvalue weighted by Crippen LogP contribution is -2.25. The number of benzene rings is 1. The summed E-state index contributed by atoms with van der Waals surface area (Å²) in [6, 6.07) is 3.74.